The minimum absolute atomic E-state index is 0.0547. The fraction of sp³-hybridized carbons (Fsp3) is 0.438. The van der Waals surface area contributed by atoms with Gasteiger partial charge in [0.2, 0.25) is 5.91 Å². The summed E-state index contributed by atoms with van der Waals surface area (Å²) in [7, 11) is 2.14. The van der Waals surface area contributed by atoms with Crippen LogP contribution < -0.4 is 11.1 Å². The first-order valence-corrected chi connectivity index (χ1v) is 7.36. The monoisotopic (exact) mass is 288 g/mol. The molecule has 1 fully saturated rings. The lowest BCUT2D eigenvalue weighted by Gasteiger charge is -2.32. The molecule has 2 rings (SSSR count). The van der Waals surface area contributed by atoms with E-state index in [2.05, 4.69) is 22.2 Å². The molecule has 0 bridgehead atoms. The zero-order valence-electron chi connectivity index (χ0n) is 12.6. The van der Waals surface area contributed by atoms with Crippen LogP contribution in [0.4, 0.5) is 5.69 Å². The molecule has 0 aliphatic carbocycles. The Kier molecular flexibility index (Phi) is 5.78. The molecule has 1 aliphatic heterocycles. The Labute approximate surface area is 126 Å². The van der Waals surface area contributed by atoms with Crippen molar-refractivity contribution in [1.29, 1.82) is 0 Å². The van der Waals surface area contributed by atoms with Crippen LogP contribution in [0.3, 0.4) is 0 Å². The summed E-state index contributed by atoms with van der Waals surface area (Å²) in [6.07, 6.45) is 3.36. The van der Waals surface area contributed by atoms with Gasteiger partial charge in [-0.2, -0.15) is 0 Å². The molecule has 3 N–H and O–H groups in total. The number of hydrogen-bond donors (Lipinski definition) is 2. The van der Waals surface area contributed by atoms with Crippen LogP contribution in [0.25, 0.3) is 6.08 Å². The second-order valence-corrected chi connectivity index (χ2v) is 5.44. The van der Waals surface area contributed by atoms with E-state index in [1.807, 2.05) is 24.3 Å². The second-order valence-electron chi connectivity index (χ2n) is 5.44. The first-order valence-electron chi connectivity index (χ1n) is 7.36. The lowest BCUT2D eigenvalue weighted by atomic mass is 10.2. The molecule has 0 unspecified atom stereocenters. The summed E-state index contributed by atoms with van der Waals surface area (Å²) in [4.78, 5) is 16.4. The van der Waals surface area contributed by atoms with Crippen molar-refractivity contribution in [1.82, 2.24) is 15.1 Å². The highest BCUT2D eigenvalue weighted by Crippen LogP contribution is 2.06. The van der Waals surface area contributed by atoms with Crippen molar-refractivity contribution >= 4 is 17.7 Å². The highest BCUT2D eigenvalue weighted by molar-refractivity contribution is 5.91. The number of amides is 1. The Morgan fingerprint density at radius 3 is 2.57 bits per heavy atom. The third-order valence-electron chi connectivity index (χ3n) is 3.69. The number of rotatable bonds is 5. The summed E-state index contributed by atoms with van der Waals surface area (Å²) in [6, 6.07) is 7.43. The molecule has 1 saturated heterocycles. The Morgan fingerprint density at radius 1 is 1.24 bits per heavy atom. The van der Waals surface area contributed by atoms with Gasteiger partial charge in [0.15, 0.2) is 0 Å². The Bertz CT molecular complexity index is 476. The van der Waals surface area contributed by atoms with Crippen molar-refractivity contribution in [2.45, 2.75) is 0 Å². The van der Waals surface area contributed by atoms with Crippen molar-refractivity contribution in [2.24, 2.45) is 0 Å². The molecule has 5 nitrogen and oxygen atoms in total. The molecule has 114 valence electrons. The van der Waals surface area contributed by atoms with Gasteiger partial charge in [-0.25, -0.2) is 0 Å². The van der Waals surface area contributed by atoms with Crippen LogP contribution in [0.5, 0.6) is 0 Å². The summed E-state index contributed by atoms with van der Waals surface area (Å²) in [5.74, 6) is -0.0547. The molecule has 1 aromatic rings. The van der Waals surface area contributed by atoms with E-state index < -0.39 is 0 Å². The van der Waals surface area contributed by atoms with Crippen LogP contribution in [-0.4, -0.2) is 62.0 Å². The molecule has 0 atom stereocenters. The summed E-state index contributed by atoms with van der Waals surface area (Å²) in [6.45, 7) is 5.96. The van der Waals surface area contributed by atoms with Gasteiger partial charge in [-0.15, -0.1) is 0 Å². The number of hydrogen-bond acceptors (Lipinski definition) is 4. The molecule has 1 heterocycles. The maximum Gasteiger partial charge on any atom is 0.244 e. The van der Waals surface area contributed by atoms with Crippen LogP contribution in [0.2, 0.25) is 0 Å². The van der Waals surface area contributed by atoms with Crippen LogP contribution in [0.1, 0.15) is 5.56 Å². The summed E-state index contributed by atoms with van der Waals surface area (Å²) < 4.78 is 0. The third-order valence-corrected chi connectivity index (χ3v) is 3.69. The lowest BCUT2D eigenvalue weighted by molar-refractivity contribution is -0.116. The number of nitrogens with one attached hydrogen (secondary N) is 1. The average molecular weight is 288 g/mol. The van der Waals surface area contributed by atoms with E-state index in [9.17, 15) is 4.79 Å². The molecule has 0 radical (unpaired) electrons. The van der Waals surface area contributed by atoms with Crippen LogP contribution in [0.15, 0.2) is 30.3 Å². The van der Waals surface area contributed by atoms with Gasteiger partial charge >= 0.3 is 0 Å². The van der Waals surface area contributed by atoms with E-state index in [0.717, 1.165) is 44.0 Å². The number of anilines is 1. The van der Waals surface area contributed by atoms with E-state index in [-0.39, 0.29) is 5.91 Å². The molecule has 1 amide bonds. The molecular weight excluding hydrogens is 264 g/mol. The minimum Gasteiger partial charge on any atom is -0.399 e. The maximum atomic E-state index is 11.7. The molecular formula is C16H24N4O. The third kappa shape index (κ3) is 5.57. The van der Waals surface area contributed by atoms with E-state index in [1.54, 1.807) is 12.2 Å². The van der Waals surface area contributed by atoms with Crippen molar-refractivity contribution in [3.8, 4) is 0 Å². The smallest absolute Gasteiger partial charge is 0.244 e. The lowest BCUT2D eigenvalue weighted by Crippen LogP contribution is -2.46. The summed E-state index contributed by atoms with van der Waals surface area (Å²) >= 11 is 0. The van der Waals surface area contributed by atoms with Crippen LogP contribution >= 0.6 is 0 Å². The zero-order valence-corrected chi connectivity index (χ0v) is 12.6. The number of carbonyl (C=O) groups is 1. The number of piperazine rings is 1. The molecule has 1 aliphatic rings. The van der Waals surface area contributed by atoms with E-state index in [0.29, 0.717) is 6.54 Å². The highest BCUT2D eigenvalue weighted by Gasteiger charge is 2.12. The van der Waals surface area contributed by atoms with Gasteiger partial charge in [-0.3, -0.25) is 9.69 Å². The van der Waals surface area contributed by atoms with Crippen molar-refractivity contribution in [3.63, 3.8) is 0 Å². The van der Waals surface area contributed by atoms with Crippen LogP contribution in [0, 0.1) is 0 Å². The number of benzene rings is 1. The molecule has 5 heteroatoms. The Morgan fingerprint density at radius 2 is 1.90 bits per heavy atom. The topological polar surface area (TPSA) is 61.6 Å². The maximum absolute atomic E-state index is 11.7. The molecule has 0 saturated carbocycles. The number of nitrogens with zero attached hydrogens (tertiary/aromatic N) is 2. The fourth-order valence-corrected chi connectivity index (χ4v) is 2.25. The van der Waals surface area contributed by atoms with Gasteiger partial charge in [-0.05, 0) is 30.8 Å². The molecule has 0 aromatic heterocycles. The summed E-state index contributed by atoms with van der Waals surface area (Å²) in [5.41, 5.74) is 7.31. The normalized spacial score (nSPS) is 17.2. The predicted molar refractivity (Wildman–Crippen MR) is 86.8 cm³/mol. The highest BCUT2D eigenvalue weighted by atomic mass is 16.1. The predicted octanol–water partition coefficient (Wildman–Crippen LogP) is 0.646. The SMILES string of the molecule is CN1CCN(CCNC(=O)/C=C/c2ccc(N)cc2)CC1. The number of nitrogen functional groups attached to an aromatic ring is 1. The average Bonchev–Trinajstić information content (AvgIpc) is 2.49. The quantitative estimate of drug-likeness (QED) is 0.617. The van der Waals surface area contributed by atoms with E-state index in [1.165, 1.54) is 0 Å². The van der Waals surface area contributed by atoms with Gasteiger partial charge in [0.05, 0.1) is 0 Å². The number of carbonyl (C=O) groups excluding carboxylic acids is 1. The van der Waals surface area contributed by atoms with E-state index >= 15 is 0 Å². The van der Waals surface area contributed by atoms with Gasteiger partial charge < -0.3 is 16.0 Å². The Hall–Kier alpha value is -1.85. The number of nitrogens with two attached hydrogens (primary N) is 1. The Balaban J connectivity index is 1.66. The minimum atomic E-state index is -0.0547. The zero-order chi connectivity index (χ0) is 15.1. The first-order chi connectivity index (χ1) is 10.1. The van der Waals surface area contributed by atoms with Crippen molar-refractivity contribution < 1.29 is 4.79 Å². The van der Waals surface area contributed by atoms with Crippen LogP contribution in [-0.2, 0) is 4.79 Å². The largest absolute Gasteiger partial charge is 0.399 e. The van der Waals surface area contributed by atoms with Gasteiger partial charge in [0.25, 0.3) is 0 Å². The standard InChI is InChI=1S/C16H24N4O/c1-19-10-12-20(13-11-19)9-8-18-16(21)7-4-14-2-5-15(17)6-3-14/h2-7H,8-13,17H2,1H3,(H,18,21)/b7-4+. The van der Waals surface area contributed by atoms with Gasteiger partial charge in [0.1, 0.15) is 0 Å². The summed E-state index contributed by atoms with van der Waals surface area (Å²) in [5, 5.41) is 2.92. The second kappa shape index (κ2) is 7.81. The number of likely N-dealkylation sites (N-methyl/N-ethyl adjacent to an activating group) is 1. The van der Waals surface area contributed by atoms with Crippen molar-refractivity contribution in [2.75, 3.05) is 52.0 Å². The molecule has 21 heavy (non-hydrogen) atoms. The first kappa shape index (κ1) is 15.5. The van der Waals surface area contributed by atoms with Crippen molar-refractivity contribution in [3.05, 3.63) is 35.9 Å². The molecule has 0 spiro atoms. The van der Waals surface area contributed by atoms with E-state index in [4.69, 9.17) is 5.73 Å². The van der Waals surface area contributed by atoms with Gasteiger partial charge in [-0.1, -0.05) is 12.1 Å². The molecule has 1 aromatic carbocycles. The van der Waals surface area contributed by atoms with Gasteiger partial charge in [0, 0.05) is 51.0 Å². The fourth-order valence-electron chi connectivity index (χ4n) is 2.25.